The van der Waals surface area contributed by atoms with Crippen molar-refractivity contribution in [1.82, 2.24) is 56.2 Å². The Morgan fingerprint density at radius 1 is 0.728 bits per heavy atom. The molecule has 7 aromatic heterocycles. The van der Waals surface area contributed by atoms with E-state index in [2.05, 4.69) is 54.1 Å². The van der Waals surface area contributed by atoms with Crippen LogP contribution in [-0.4, -0.2) is 118 Å². The van der Waals surface area contributed by atoms with Crippen molar-refractivity contribution < 1.29 is 58.0 Å². The van der Waals surface area contributed by atoms with E-state index in [-0.39, 0.29) is 80.4 Å². The second-order valence-corrected chi connectivity index (χ2v) is 26.9. The molecule has 9 aromatic rings. The quantitative estimate of drug-likeness (QED) is 0.0287. The van der Waals surface area contributed by atoms with Crippen molar-refractivity contribution in [1.29, 1.82) is 0 Å². The molecule has 2 aliphatic rings. The van der Waals surface area contributed by atoms with Crippen LogP contribution < -0.4 is 27.0 Å². The summed E-state index contributed by atoms with van der Waals surface area (Å²) in [7, 11) is 1.15. The number of phenols is 1. The normalized spacial score (nSPS) is 18.3. The number of Topliss-reactive ketones (excluding diaryl/α,β-unsaturated/α-hetero) is 2. The number of phenolic OH excluding ortho intramolecular Hbond substituents is 1. The summed E-state index contributed by atoms with van der Waals surface area (Å²) in [5.41, 5.74) is 8.07. The van der Waals surface area contributed by atoms with Crippen LogP contribution in [0.3, 0.4) is 0 Å². The summed E-state index contributed by atoms with van der Waals surface area (Å²) in [4.78, 5) is 143. The molecule has 0 unspecified atom stereocenters. The summed E-state index contributed by atoms with van der Waals surface area (Å²) in [6, 6.07) is 15.1. The molecule has 0 radical (unpaired) electrons. The number of epoxide rings is 1. The fourth-order valence-corrected chi connectivity index (χ4v) is 15.2. The van der Waals surface area contributed by atoms with E-state index in [4.69, 9.17) is 30.4 Å². The SMILES string of the molecule is C=C(CC(=O)C(=C)NC(=O)c1csc(-c2ccc3c(n2)-c2csc(n2)-c2csc(n2)[C@H]([C@@H](C)[C@@H]2CO2)NC(=O)[C@H](Cc2ccc(O)cc2)NC(=O)c2csc(n2)[C@H]([C@H](O)c2ccccc2)CC(=O)c2nc(sc2C)[C@H](CC(N)=O)NC(=O)c2csc-3n2)n1)C(=O)OC. The first-order chi connectivity index (χ1) is 44.2. The average molecular weight is 1350 g/mol. The molecule has 0 spiro atoms. The van der Waals surface area contributed by atoms with Crippen LogP contribution in [0.15, 0.2) is 118 Å². The highest BCUT2D eigenvalue weighted by molar-refractivity contribution is 7.15. The maximum atomic E-state index is 14.9. The van der Waals surface area contributed by atoms with Crippen LogP contribution in [0.1, 0.15) is 123 Å². The number of aliphatic hydroxyl groups is 1. The number of hydrogen-bond donors (Lipinski definition) is 7. The zero-order valence-corrected chi connectivity index (χ0v) is 53.8. The molecule has 92 heavy (non-hydrogen) atoms. The highest BCUT2D eigenvalue weighted by Crippen LogP contribution is 2.41. The van der Waals surface area contributed by atoms with Crippen molar-refractivity contribution in [2.75, 3.05) is 13.7 Å². The van der Waals surface area contributed by atoms with Gasteiger partial charge in [0.05, 0.1) is 60.8 Å². The Bertz CT molecular complexity index is 4380. The Balaban J connectivity index is 0.979. The number of aromatic nitrogens is 7. The van der Waals surface area contributed by atoms with Gasteiger partial charge in [0.2, 0.25) is 11.8 Å². The number of nitrogens with one attached hydrogen (secondary N) is 4. The highest BCUT2D eigenvalue weighted by atomic mass is 32.1. The van der Waals surface area contributed by atoms with Crippen molar-refractivity contribution in [3.05, 3.63) is 172 Å². The molecule has 30 heteroatoms. The van der Waals surface area contributed by atoms with Crippen molar-refractivity contribution >= 4 is 115 Å². The molecule has 7 atom stereocenters. The Morgan fingerprint density at radius 3 is 2.10 bits per heavy atom. The van der Waals surface area contributed by atoms with Gasteiger partial charge in [-0.25, -0.2) is 39.7 Å². The minimum absolute atomic E-state index is 0.000717. The minimum atomic E-state index is -1.31. The minimum Gasteiger partial charge on any atom is -0.508 e. The fraction of sp³-hybridized carbons (Fsp3) is 0.242. The first-order valence-corrected chi connectivity index (χ1v) is 33.3. The topological polar surface area (TPSA) is 363 Å². The van der Waals surface area contributed by atoms with Crippen LogP contribution in [0.4, 0.5) is 0 Å². The number of carbonyl (C=O) groups excluding carboxylic acids is 8. The van der Waals surface area contributed by atoms with Gasteiger partial charge in [0, 0.05) is 74.0 Å². The first-order valence-electron chi connectivity index (χ1n) is 28.1. The van der Waals surface area contributed by atoms with Gasteiger partial charge in [-0.1, -0.05) is 62.5 Å². The number of aryl methyl sites for hydroxylation is 1. The molecule has 9 heterocycles. The van der Waals surface area contributed by atoms with E-state index < -0.39 is 90.1 Å². The van der Waals surface area contributed by atoms with Crippen LogP contribution in [0.2, 0.25) is 0 Å². The standard InChI is InChI=1S/C62H54N12O12S6/c1-27(62(84)85-5)17-44(76)29(3)64-53(81)40-25-90-58(71-40)36-16-15-34-50(65-36)39-22-89-59(68-39)43-26-91-61(72-43)48(28(2)46-21-86-46)73-52(80)37(18-31-11-13-33(75)14-12-31)66-54(82)41-24-88-57(70-41)35(51(79)32-9-7-6-8-10-32)19-45(77)49-30(4)92-60(74-49)38(20-47(63)78)67-55(83)42-23-87-56(34)69-42/h6-16,22-26,28,35,37-38,46,48,51,75,79H,1,3,17-21H2,2,4-5H3,(H2,63,78)(H,64,81)(H,66,82)(H,67,83)(H,73,80)/t28-,35-,37-,38-,46-,48-,51+/m0/s1. The number of amides is 5. The summed E-state index contributed by atoms with van der Waals surface area (Å²) in [5, 5.41) is 43.6. The lowest BCUT2D eigenvalue weighted by Gasteiger charge is -2.26. The van der Waals surface area contributed by atoms with Gasteiger partial charge in [-0.2, -0.15) is 0 Å². The van der Waals surface area contributed by atoms with E-state index >= 15 is 0 Å². The van der Waals surface area contributed by atoms with Crippen LogP contribution in [-0.2, 0) is 35.1 Å². The third kappa shape index (κ3) is 14.6. The van der Waals surface area contributed by atoms with Crippen molar-refractivity contribution in [2.45, 2.75) is 75.8 Å². The van der Waals surface area contributed by atoms with Crippen molar-refractivity contribution in [3.8, 4) is 49.1 Å². The number of rotatable bonds is 15. The summed E-state index contributed by atoms with van der Waals surface area (Å²) in [5.74, 6) is -6.83. The molecule has 8 N–H and O–H groups in total. The van der Waals surface area contributed by atoms with E-state index in [1.54, 1.807) is 72.3 Å². The number of thiazole rings is 6. The lowest BCUT2D eigenvalue weighted by Crippen LogP contribution is -2.50. The Hall–Kier alpha value is -9.27. The van der Waals surface area contributed by atoms with Crippen LogP contribution in [0.5, 0.6) is 5.75 Å². The third-order valence-corrected chi connectivity index (χ3v) is 20.5. The van der Waals surface area contributed by atoms with Gasteiger partial charge < -0.3 is 46.7 Å². The molecule has 0 aliphatic carbocycles. The van der Waals surface area contributed by atoms with Crippen molar-refractivity contribution in [3.63, 3.8) is 0 Å². The smallest absolute Gasteiger partial charge is 0.333 e. The number of aromatic hydroxyl groups is 1. The molecule has 1 saturated heterocycles. The zero-order chi connectivity index (χ0) is 65.1. The summed E-state index contributed by atoms with van der Waals surface area (Å²) >= 11 is 6.85. The number of ketones is 2. The molecular formula is C62H54N12O12S6. The second kappa shape index (κ2) is 27.7. The molecule has 10 bridgehead atoms. The molecule has 1 fully saturated rings. The van der Waals surface area contributed by atoms with E-state index in [0.717, 1.165) is 52.5 Å². The predicted octanol–water partition coefficient (Wildman–Crippen LogP) is 8.42. The van der Waals surface area contributed by atoms with Gasteiger partial charge in [0.1, 0.15) is 76.7 Å². The number of esters is 1. The van der Waals surface area contributed by atoms with Gasteiger partial charge >= 0.3 is 5.97 Å². The molecule has 2 aromatic carbocycles. The Morgan fingerprint density at radius 2 is 1.37 bits per heavy atom. The second-order valence-electron chi connectivity index (χ2n) is 21.3. The Kier molecular flexibility index (Phi) is 19.3. The number of aliphatic hydroxyl groups excluding tert-OH is 1. The maximum Gasteiger partial charge on any atom is 0.333 e. The van der Waals surface area contributed by atoms with E-state index in [1.165, 1.54) is 50.9 Å². The van der Waals surface area contributed by atoms with Gasteiger partial charge in [0.25, 0.3) is 17.7 Å². The van der Waals surface area contributed by atoms with Gasteiger partial charge in [0.15, 0.2) is 11.6 Å². The lowest BCUT2D eigenvalue weighted by atomic mass is 9.90. The van der Waals surface area contributed by atoms with Crippen molar-refractivity contribution in [2.24, 2.45) is 11.7 Å². The monoisotopic (exact) mass is 1350 g/mol. The third-order valence-electron chi connectivity index (χ3n) is 14.9. The Labute approximate surface area is 547 Å². The van der Waals surface area contributed by atoms with Crippen LogP contribution in [0.25, 0.3) is 43.4 Å². The zero-order valence-electron chi connectivity index (χ0n) is 48.9. The number of pyridine rings is 1. The summed E-state index contributed by atoms with van der Waals surface area (Å²) in [6.45, 7) is 11.2. The molecule has 0 saturated carbocycles. The number of nitrogens with zero attached hydrogens (tertiary/aromatic N) is 7. The number of fused-ring (bicyclic) bond motifs is 14. The number of methoxy groups -OCH3 is 1. The van der Waals surface area contributed by atoms with Crippen LogP contribution in [0, 0.1) is 12.8 Å². The van der Waals surface area contributed by atoms with Gasteiger partial charge in [-0.15, -0.1) is 68.0 Å². The summed E-state index contributed by atoms with van der Waals surface area (Å²) < 4.78 is 10.4. The molecule has 470 valence electrons. The largest absolute Gasteiger partial charge is 0.508 e. The van der Waals surface area contributed by atoms with E-state index in [1.807, 2.05) is 6.92 Å². The molecular weight excluding hydrogens is 1300 g/mol. The number of nitrogens with two attached hydrogens (primary N) is 1. The van der Waals surface area contributed by atoms with Crippen LogP contribution >= 0.6 is 68.0 Å². The molecule has 11 rings (SSSR count). The summed E-state index contributed by atoms with van der Waals surface area (Å²) in [6.07, 6.45) is -2.74. The number of primary amides is 1. The number of hydrogen-bond acceptors (Lipinski definition) is 25. The predicted molar refractivity (Wildman–Crippen MR) is 345 cm³/mol. The molecule has 24 nitrogen and oxygen atoms in total. The average Bonchev–Trinajstić information content (AvgIpc) is 1.62. The number of ether oxygens (including phenoxy) is 2. The van der Waals surface area contributed by atoms with E-state index in [9.17, 15) is 48.6 Å². The first kappa shape index (κ1) is 64.3. The maximum absolute atomic E-state index is 14.9. The molecule has 5 amide bonds. The van der Waals surface area contributed by atoms with E-state index in [0.29, 0.717) is 65.3 Å². The number of carbonyl (C=O) groups is 8. The number of allylic oxidation sites excluding steroid dienone is 1. The highest BCUT2D eigenvalue weighted by Gasteiger charge is 2.40. The lowest BCUT2D eigenvalue weighted by molar-refractivity contribution is -0.137. The fourth-order valence-electron chi connectivity index (χ4n) is 9.85. The van der Waals surface area contributed by atoms with Gasteiger partial charge in [-0.3, -0.25) is 33.6 Å². The molecule has 2 aliphatic heterocycles. The number of benzene rings is 2. The van der Waals surface area contributed by atoms with Gasteiger partial charge in [-0.05, 0) is 42.3 Å².